The predicted octanol–water partition coefficient (Wildman–Crippen LogP) is 2.86. The molecule has 0 fully saturated rings. The van der Waals surface area contributed by atoms with Crippen LogP contribution in [0.25, 0.3) is 0 Å². The molecule has 2 aromatic rings. The van der Waals surface area contributed by atoms with Crippen molar-refractivity contribution in [1.82, 2.24) is 0 Å². The summed E-state index contributed by atoms with van der Waals surface area (Å²) in [5, 5.41) is 0. The van der Waals surface area contributed by atoms with Gasteiger partial charge in [-0.15, -0.1) is 0 Å². The van der Waals surface area contributed by atoms with Gasteiger partial charge in [0, 0.05) is 11.4 Å². The molecule has 0 saturated carbocycles. The number of para-hydroxylation sites is 1. The Hall–Kier alpha value is -2.71. The highest BCUT2D eigenvalue weighted by atomic mass is 16.1. The third kappa shape index (κ3) is 2.51. The summed E-state index contributed by atoms with van der Waals surface area (Å²) in [4.78, 5) is 26.0. The van der Waals surface area contributed by atoms with Gasteiger partial charge in [0.1, 0.15) is 0 Å². The predicted molar refractivity (Wildman–Crippen MR) is 68.5 cm³/mol. The Morgan fingerprint density at radius 3 is 2.00 bits per heavy atom. The molecular weight excluding hydrogens is 228 g/mol. The van der Waals surface area contributed by atoms with E-state index in [0.29, 0.717) is 11.4 Å². The SMILES string of the molecule is O=[C]N(c1ccccc1)c1ccc(N=C=O)cc1. The second-order valence-corrected chi connectivity index (χ2v) is 3.48. The van der Waals surface area contributed by atoms with Gasteiger partial charge in [-0.1, -0.05) is 18.2 Å². The molecule has 0 N–H and O–H groups in total. The monoisotopic (exact) mass is 237 g/mol. The van der Waals surface area contributed by atoms with Crippen LogP contribution in [-0.2, 0) is 9.59 Å². The van der Waals surface area contributed by atoms with Gasteiger partial charge in [0.25, 0.3) is 0 Å². The Morgan fingerprint density at radius 1 is 0.833 bits per heavy atom. The van der Waals surface area contributed by atoms with Gasteiger partial charge in [-0.2, -0.15) is 4.99 Å². The summed E-state index contributed by atoms with van der Waals surface area (Å²) < 4.78 is 0. The number of nitrogens with zero attached hydrogens (tertiary/aromatic N) is 2. The molecule has 0 spiro atoms. The summed E-state index contributed by atoms with van der Waals surface area (Å²) in [5.41, 5.74) is 1.87. The summed E-state index contributed by atoms with van der Waals surface area (Å²) in [5.74, 6) is 0. The highest BCUT2D eigenvalue weighted by Crippen LogP contribution is 2.25. The van der Waals surface area contributed by atoms with Crippen LogP contribution >= 0.6 is 0 Å². The van der Waals surface area contributed by atoms with Crippen molar-refractivity contribution in [3.8, 4) is 0 Å². The van der Waals surface area contributed by atoms with Crippen molar-refractivity contribution < 1.29 is 9.59 Å². The van der Waals surface area contributed by atoms with Gasteiger partial charge < -0.3 is 0 Å². The van der Waals surface area contributed by atoms with Gasteiger partial charge in [0.15, 0.2) is 0 Å². The van der Waals surface area contributed by atoms with Crippen molar-refractivity contribution in [2.75, 3.05) is 4.90 Å². The van der Waals surface area contributed by atoms with E-state index in [1.165, 1.54) is 11.0 Å². The number of benzene rings is 2. The molecule has 0 aliphatic heterocycles. The maximum absolute atomic E-state index is 11.0. The second kappa shape index (κ2) is 5.57. The van der Waals surface area contributed by atoms with Crippen molar-refractivity contribution in [3.63, 3.8) is 0 Å². The third-order valence-electron chi connectivity index (χ3n) is 2.39. The number of hydrogen-bond donors (Lipinski definition) is 0. The van der Waals surface area contributed by atoms with E-state index in [1.807, 2.05) is 36.7 Å². The molecule has 2 rings (SSSR count). The average Bonchev–Trinajstić information content (AvgIpc) is 2.43. The smallest absolute Gasteiger partial charge is 0.273 e. The van der Waals surface area contributed by atoms with E-state index in [0.717, 1.165) is 5.69 Å². The zero-order chi connectivity index (χ0) is 12.8. The number of aliphatic imine (C=N–C) groups is 1. The van der Waals surface area contributed by atoms with Gasteiger partial charge in [0.2, 0.25) is 6.08 Å². The third-order valence-corrected chi connectivity index (χ3v) is 2.39. The fourth-order valence-electron chi connectivity index (χ4n) is 1.56. The minimum atomic E-state index is 0.493. The Labute approximate surface area is 104 Å². The lowest BCUT2D eigenvalue weighted by atomic mass is 10.2. The Bertz CT molecular complexity index is 573. The van der Waals surface area contributed by atoms with Crippen molar-refractivity contribution in [1.29, 1.82) is 0 Å². The van der Waals surface area contributed by atoms with E-state index in [4.69, 9.17) is 0 Å². The molecule has 2 aromatic carbocycles. The summed E-state index contributed by atoms with van der Waals surface area (Å²) in [6.45, 7) is 0. The summed E-state index contributed by atoms with van der Waals surface area (Å²) in [7, 11) is 0. The lowest BCUT2D eigenvalue weighted by Gasteiger charge is -2.16. The van der Waals surface area contributed by atoms with E-state index >= 15 is 0 Å². The summed E-state index contributed by atoms with van der Waals surface area (Å²) in [6, 6.07) is 15.8. The van der Waals surface area contributed by atoms with Crippen LogP contribution in [0.15, 0.2) is 59.6 Å². The molecule has 0 saturated heterocycles. The molecule has 0 bridgehead atoms. The van der Waals surface area contributed by atoms with Gasteiger partial charge >= 0.3 is 6.41 Å². The average molecular weight is 237 g/mol. The summed E-state index contributed by atoms with van der Waals surface area (Å²) >= 11 is 0. The van der Waals surface area contributed by atoms with Crippen LogP contribution in [0.1, 0.15) is 0 Å². The minimum Gasteiger partial charge on any atom is -0.273 e. The van der Waals surface area contributed by atoms with Crippen LogP contribution < -0.4 is 4.90 Å². The molecule has 0 heterocycles. The molecule has 1 amide bonds. The zero-order valence-electron chi connectivity index (χ0n) is 9.41. The maximum atomic E-state index is 11.0. The first kappa shape index (κ1) is 11.8. The first-order valence-electron chi connectivity index (χ1n) is 5.26. The fourth-order valence-corrected chi connectivity index (χ4v) is 1.56. The Balaban J connectivity index is 2.34. The van der Waals surface area contributed by atoms with Gasteiger partial charge in [-0.3, -0.25) is 9.69 Å². The lowest BCUT2D eigenvalue weighted by Crippen LogP contribution is -2.13. The first-order valence-corrected chi connectivity index (χ1v) is 5.26. The number of hydrogen-bond acceptors (Lipinski definition) is 3. The van der Waals surface area contributed by atoms with Crippen LogP contribution in [0.4, 0.5) is 17.1 Å². The van der Waals surface area contributed by atoms with Crippen molar-refractivity contribution in [2.45, 2.75) is 0 Å². The highest BCUT2D eigenvalue weighted by Gasteiger charge is 2.08. The quantitative estimate of drug-likeness (QED) is 0.466. The van der Waals surface area contributed by atoms with E-state index in [1.54, 1.807) is 24.3 Å². The Kier molecular flexibility index (Phi) is 3.64. The van der Waals surface area contributed by atoms with Crippen LogP contribution in [-0.4, -0.2) is 12.5 Å². The van der Waals surface area contributed by atoms with E-state index in [2.05, 4.69) is 4.99 Å². The van der Waals surface area contributed by atoms with Crippen molar-refractivity contribution in [2.24, 2.45) is 4.99 Å². The first-order chi connectivity index (χ1) is 8.85. The minimum absolute atomic E-state index is 0.493. The molecule has 4 nitrogen and oxygen atoms in total. The molecule has 1 radical (unpaired) electrons. The number of rotatable bonds is 4. The van der Waals surface area contributed by atoms with E-state index in [-0.39, 0.29) is 0 Å². The van der Waals surface area contributed by atoms with Gasteiger partial charge in [-0.05, 0) is 36.4 Å². The number of carbonyl (C=O) groups excluding carboxylic acids is 2. The maximum Gasteiger partial charge on any atom is 0.321 e. The molecule has 0 aromatic heterocycles. The number of isocyanates is 1. The molecule has 0 unspecified atom stereocenters. The normalized spacial score (nSPS) is 9.33. The largest absolute Gasteiger partial charge is 0.321 e. The topological polar surface area (TPSA) is 49.7 Å². The van der Waals surface area contributed by atoms with Crippen LogP contribution in [0.2, 0.25) is 0 Å². The molecule has 87 valence electrons. The van der Waals surface area contributed by atoms with Gasteiger partial charge in [-0.25, -0.2) is 4.79 Å². The van der Waals surface area contributed by atoms with Crippen LogP contribution in [0.3, 0.4) is 0 Å². The number of anilines is 2. The molecule has 4 heteroatoms. The zero-order valence-corrected chi connectivity index (χ0v) is 9.41. The van der Waals surface area contributed by atoms with E-state index < -0.39 is 0 Å². The van der Waals surface area contributed by atoms with Crippen LogP contribution in [0.5, 0.6) is 0 Å². The van der Waals surface area contributed by atoms with Crippen molar-refractivity contribution in [3.05, 3.63) is 54.6 Å². The fraction of sp³-hybridized carbons (Fsp3) is 0. The highest BCUT2D eigenvalue weighted by molar-refractivity contribution is 5.87. The Morgan fingerprint density at radius 2 is 1.44 bits per heavy atom. The standard InChI is InChI=1S/C14H9N2O2/c17-10-15-12-6-8-14(9-7-12)16(11-18)13-4-2-1-3-5-13/h1-9H. The lowest BCUT2D eigenvalue weighted by molar-refractivity contribution is 0.556. The second-order valence-electron chi connectivity index (χ2n) is 3.48. The summed E-state index contributed by atoms with van der Waals surface area (Å²) in [6.07, 6.45) is 3.32. The molecule has 18 heavy (non-hydrogen) atoms. The van der Waals surface area contributed by atoms with Crippen molar-refractivity contribution >= 4 is 29.6 Å². The molecule has 0 aliphatic carbocycles. The van der Waals surface area contributed by atoms with Gasteiger partial charge in [0.05, 0.1) is 5.69 Å². The van der Waals surface area contributed by atoms with E-state index in [9.17, 15) is 9.59 Å². The van der Waals surface area contributed by atoms with Crippen LogP contribution in [0, 0.1) is 0 Å². The molecule has 0 atom stereocenters. The molecular formula is C14H9N2O2. The molecule has 0 aliphatic rings. The number of amides is 1.